The molecule has 1 fully saturated rings. The minimum Gasteiger partial charge on any atom is -0.507 e. The fourth-order valence-corrected chi connectivity index (χ4v) is 2.64. The number of piperidine rings is 1. The molecule has 0 saturated carbocycles. The molecule has 1 aromatic heterocycles. The van der Waals surface area contributed by atoms with Gasteiger partial charge in [-0.05, 0) is 31.4 Å². The molecule has 0 radical (unpaired) electrons. The van der Waals surface area contributed by atoms with E-state index in [0.717, 1.165) is 19.3 Å². The molecule has 3 rings (SSSR count). The van der Waals surface area contributed by atoms with E-state index >= 15 is 0 Å². The summed E-state index contributed by atoms with van der Waals surface area (Å²) >= 11 is 0. The number of phenolic OH excluding ortho intramolecular Hbond substituents is 1. The second-order valence-corrected chi connectivity index (χ2v) is 4.90. The molecular weight excluding hydrogens is 256 g/mol. The van der Waals surface area contributed by atoms with Crippen molar-refractivity contribution in [3.63, 3.8) is 0 Å². The van der Waals surface area contributed by atoms with Gasteiger partial charge in [-0.15, -0.1) is 0 Å². The second-order valence-electron chi connectivity index (χ2n) is 4.90. The maximum absolute atomic E-state index is 12.6. The number of rotatable bonds is 2. The molecule has 1 amide bonds. The number of aromatic hydroxyl groups is 1. The molecule has 104 valence electrons. The first-order valence-electron chi connectivity index (χ1n) is 6.71. The molecule has 2 heterocycles. The zero-order chi connectivity index (χ0) is 13.9. The van der Waals surface area contributed by atoms with Crippen molar-refractivity contribution >= 4 is 5.91 Å². The highest BCUT2D eigenvalue weighted by molar-refractivity contribution is 5.97. The highest BCUT2D eigenvalue weighted by Crippen LogP contribution is 2.31. The summed E-state index contributed by atoms with van der Waals surface area (Å²) in [5.74, 6) is 0.553. The van der Waals surface area contributed by atoms with E-state index in [1.165, 1.54) is 12.4 Å². The van der Waals surface area contributed by atoms with Gasteiger partial charge in [-0.3, -0.25) is 9.89 Å². The Morgan fingerprint density at radius 1 is 1.35 bits per heavy atom. The average Bonchev–Trinajstić information content (AvgIpc) is 3.01. The lowest BCUT2D eigenvalue weighted by Crippen LogP contribution is -2.39. The van der Waals surface area contributed by atoms with Crippen molar-refractivity contribution in [3.05, 3.63) is 42.0 Å². The fourth-order valence-electron chi connectivity index (χ4n) is 2.64. The molecule has 20 heavy (non-hydrogen) atoms. The van der Waals surface area contributed by atoms with Crippen LogP contribution < -0.4 is 0 Å². The Kier molecular flexibility index (Phi) is 3.37. The van der Waals surface area contributed by atoms with Gasteiger partial charge in [0, 0.05) is 6.54 Å². The van der Waals surface area contributed by atoms with Gasteiger partial charge in [0.05, 0.1) is 11.6 Å². The monoisotopic (exact) mass is 272 g/mol. The van der Waals surface area contributed by atoms with Gasteiger partial charge in [0.15, 0.2) is 0 Å². The molecule has 1 aromatic carbocycles. The molecule has 0 bridgehead atoms. The molecular formula is C14H16N4O2. The third-order valence-corrected chi connectivity index (χ3v) is 3.65. The summed E-state index contributed by atoms with van der Waals surface area (Å²) in [6.07, 6.45) is 4.32. The van der Waals surface area contributed by atoms with Crippen LogP contribution in [0.2, 0.25) is 0 Å². The van der Waals surface area contributed by atoms with E-state index in [2.05, 4.69) is 15.2 Å². The van der Waals surface area contributed by atoms with Crippen molar-refractivity contribution in [2.24, 2.45) is 0 Å². The Morgan fingerprint density at radius 3 is 2.95 bits per heavy atom. The number of benzene rings is 1. The Morgan fingerprint density at radius 2 is 2.20 bits per heavy atom. The van der Waals surface area contributed by atoms with Crippen molar-refractivity contribution in [1.29, 1.82) is 0 Å². The fraction of sp³-hybridized carbons (Fsp3) is 0.357. The molecule has 6 nitrogen and oxygen atoms in total. The van der Waals surface area contributed by atoms with E-state index in [4.69, 9.17) is 0 Å². The van der Waals surface area contributed by atoms with Crippen LogP contribution in [-0.4, -0.2) is 37.6 Å². The topological polar surface area (TPSA) is 82.1 Å². The summed E-state index contributed by atoms with van der Waals surface area (Å²) in [5, 5.41) is 16.5. The third kappa shape index (κ3) is 2.24. The van der Waals surface area contributed by atoms with E-state index in [9.17, 15) is 9.90 Å². The third-order valence-electron chi connectivity index (χ3n) is 3.65. The zero-order valence-electron chi connectivity index (χ0n) is 11.0. The van der Waals surface area contributed by atoms with Crippen LogP contribution in [0.1, 0.15) is 41.5 Å². The number of aromatic nitrogens is 3. The number of hydrogen-bond donors (Lipinski definition) is 2. The van der Waals surface area contributed by atoms with Crippen LogP contribution in [0.3, 0.4) is 0 Å². The summed E-state index contributed by atoms with van der Waals surface area (Å²) in [7, 11) is 0. The molecule has 2 N–H and O–H groups in total. The SMILES string of the molecule is O=C(c1ccccc1O)N1CCCCC1c1ncn[nH]1. The number of para-hydroxylation sites is 1. The Hall–Kier alpha value is -2.37. The van der Waals surface area contributed by atoms with Gasteiger partial charge in [0.1, 0.15) is 17.9 Å². The molecule has 1 unspecified atom stereocenters. The quantitative estimate of drug-likeness (QED) is 0.874. The van der Waals surface area contributed by atoms with Crippen molar-refractivity contribution in [2.45, 2.75) is 25.3 Å². The second kappa shape index (κ2) is 5.32. The average molecular weight is 272 g/mol. The van der Waals surface area contributed by atoms with Gasteiger partial charge < -0.3 is 10.0 Å². The molecule has 1 aliphatic rings. The van der Waals surface area contributed by atoms with Crippen molar-refractivity contribution < 1.29 is 9.90 Å². The van der Waals surface area contributed by atoms with Crippen LogP contribution in [-0.2, 0) is 0 Å². The standard InChI is InChI=1S/C14H16N4O2/c19-12-7-2-1-5-10(12)14(20)18-8-4-3-6-11(18)13-15-9-16-17-13/h1-2,5,7,9,11,19H,3-4,6,8H2,(H,15,16,17). The largest absolute Gasteiger partial charge is 0.507 e. The van der Waals surface area contributed by atoms with Crippen LogP contribution in [0.25, 0.3) is 0 Å². The maximum Gasteiger partial charge on any atom is 0.258 e. The van der Waals surface area contributed by atoms with E-state index in [1.807, 2.05) is 0 Å². The number of likely N-dealkylation sites (tertiary alicyclic amines) is 1. The van der Waals surface area contributed by atoms with Crippen molar-refractivity contribution in [2.75, 3.05) is 6.54 Å². The van der Waals surface area contributed by atoms with Gasteiger partial charge >= 0.3 is 0 Å². The number of phenols is 1. The van der Waals surface area contributed by atoms with Gasteiger partial charge in [-0.25, -0.2) is 4.98 Å². The molecule has 6 heteroatoms. The van der Waals surface area contributed by atoms with E-state index in [0.29, 0.717) is 17.9 Å². The first-order chi connectivity index (χ1) is 9.77. The first-order valence-corrected chi connectivity index (χ1v) is 6.71. The van der Waals surface area contributed by atoms with Crippen LogP contribution in [0, 0.1) is 0 Å². The lowest BCUT2D eigenvalue weighted by molar-refractivity contribution is 0.0597. The zero-order valence-corrected chi connectivity index (χ0v) is 11.0. The van der Waals surface area contributed by atoms with E-state index in [-0.39, 0.29) is 17.7 Å². The van der Waals surface area contributed by atoms with Gasteiger partial charge in [-0.2, -0.15) is 5.10 Å². The van der Waals surface area contributed by atoms with Crippen LogP contribution in [0.15, 0.2) is 30.6 Å². The minimum atomic E-state index is -0.163. The van der Waals surface area contributed by atoms with Gasteiger partial charge in [-0.1, -0.05) is 12.1 Å². The lowest BCUT2D eigenvalue weighted by Gasteiger charge is -2.34. The summed E-state index contributed by atoms with van der Waals surface area (Å²) in [6, 6.07) is 6.53. The van der Waals surface area contributed by atoms with Crippen molar-refractivity contribution in [1.82, 2.24) is 20.1 Å². The number of amides is 1. The van der Waals surface area contributed by atoms with Crippen molar-refractivity contribution in [3.8, 4) is 5.75 Å². The number of H-pyrrole nitrogens is 1. The van der Waals surface area contributed by atoms with Gasteiger partial charge in [0.2, 0.25) is 0 Å². The van der Waals surface area contributed by atoms with Crippen LogP contribution >= 0.6 is 0 Å². The summed E-state index contributed by atoms with van der Waals surface area (Å²) in [6.45, 7) is 0.665. The van der Waals surface area contributed by atoms with Crippen LogP contribution in [0.5, 0.6) is 5.75 Å². The highest BCUT2D eigenvalue weighted by atomic mass is 16.3. The number of nitrogens with one attached hydrogen (secondary N) is 1. The smallest absolute Gasteiger partial charge is 0.258 e. The molecule has 1 atom stereocenters. The normalized spacial score (nSPS) is 19.0. The lowest BCUT2D eigenvalue weighted by atomic mass is 10.00. The maximum atomic E-state index is 12.6. The Labute approximate surface area is 116 Å². The van der Waals surface area contributed by atoms with Gasteiger partial charge in [0.25, 0.3) is 5.91 Å². The van der Waals surface area contributed by atoms with Crippen LogP contribution in [0.4, 0.5) is 0 Å². The molecule has 1 saturated heterocycles. The van der Waals surface area contributed by atoms with E-state index < -0.39 is 0 Å². The summed E-state index contributed by atoms with van der Waals surface area (Å²) in [4.78, 5) is 18.6. The predicted octanol–water partition coefficient (Wildman–Crippen LogP) is 1.88. The highest BCUT2D eigenvalue weighted by Gasteiger charge is 2.31. The molecule has 0 spiro atoms. The number of aromatic amines is 1. The molecule has 1 aliphatic heterocycles. The summed E-state index contributed by atoms with van der Waals surface area (Å²) < 4.78 is 0. The number of hydrogen-bond acceptors (Lipinski definition) is 4. The summed E-state index contributed by atoms with van der Waals surface area (Å²) in [5.41, 5.74) is 0.332. The predicted molar refractivity (Wildman–Crippen MR) is 72.1 cm³/mol. The first kappa shape index (κ1) is 12.7. The number of carbonyl (C=O) groups is 1. The Balaban J connectivity index is 1.90. The number of carbonyl (C=O) groups excluding carboxylic acids is 1. The molecule has 2 aromatic rings. The van der Waals surface area contributed by atoms with E-state index in [1.54, 1.807) is 23.1 Å². The Bertz CT molecular complexity index is 597. The molecule has 0 aliphatic carbocycles. The minimum absolute atomic E-state index is 0.0133. The number of nitrogens with zero attached hydrogens (tertiary/aromatic N) is 3.